The number of amides is 1. The van der Waals surface area contributed by atoms with E-state index in [4.69, 9.17) is 10.5 Å². The van der Waals surface area contributed by atoms with Gasteiger partial charge in [0.25, 0.3) is 0 Å². The highest BCUT2D eigenvalue weighted by molar-refractivity contribution is 5.74. The minimum atomic E-state index is -0.260. The molecule has 0 aromatic heterocycles. The number of ether oxygens (including phenoxy) is 1. The van der Waals surface area contributed by atoms with Gasteiger partial charge in [-0.1, -0.05) is 42.0 Å². The van der Waals surface area contributed by atoms with Gasteiger partial charge in [0.1, 0.15) is 5.75 Å². The molecule has 2 aromatic rings. The van der Waals surface area contributed by atoms with Crippen molar-refractivity contribution in [2.75, 3.05) is 7.11 Å². The van der Waals surface area contributed by atoms with Crippen LogP contribution >= 0.6 is 0 Å². The minimum Gasteiger partial charge on any atom is -0.496 e. The van der Waals surface area contributed by atoms with E-state index in [2.05, 4.69) is 42.5 Å². The van der Waals surface area contributed by atoms with Crippen molar-refractivity contribution in [1.29, 1.82) is 0 Å². The van der Waals surface area contributed by atoms with Crippen LogP contribution in [-0.4, -0.2) is 13.0 Å². The number of primary amides is 1. The Kier molecular flexibility index (Phi) is 5.54. The number of carbonyl (C=O) groups is 1. The molecule has 0 heterocycles. The molecule has 2 aromatic carbocycles. The van der Waals surface area contributed by atoms with Gasteiger partial charge in [-0.3, -0.25) is 4.79 Å². The van der Waals surface area contributed by atoms with Gasteiger partial charge in [0, 0.05) is 12.0 Å². The van der Waals surface area contributed by atoms with E-state index in [9.17, 15) is 4.79 Å². The number of allylic oxidation sites excluding steroid dienone is 1. The number of carbonyl (C=O) groups excluding carboxylic acids is 1. The van der Waals surface area contributed by atoms with Crippen LogP contribution in [0.15, 0.2) is 48.0 Å². The van der Waals surface area contributed by atoms with E-state index < -0.39 is 0 Å². The smallest absolute Gasteiger partial charge is 0.217 e. The lowest BCUT2D eigenvalue weighted by Gasteiger charge is -2.10. The van der Waals surface area contributed by atoms with Gasteiger partial charge in [0.05, 0.1) is 7.11 Å². The van der Waals surface area contributed by atoms with Crippen molar-refractivity contribution in [3.8, 4) is 16.9 Å². The van der Waals surface area contributed by atoms with Crippen LogP contribution in [0, 0.1) is 0 Å². The van der Waals surface area contributed by atoms with Crippen LogP contribution in [-0.2, 0) is 11.2 Å². The lowest BCUT2D eigenvalue weighted by molar-refractivity contribution is -0.117. The molecule has 1 amide bonds. The van der Waals surface area contributed by atoms with Crippen molar-refractivity contribution in [2.24, 2.45) is 5.73 Å². The van der Waals surface area contributed by atoms with Crippen LogP contribution in [0.1, 0.15) is 43.2 Å². The van der Waals surface area contributed by atoms with E-state index in [0.29, 0.717) is 12.8 Å². The summed E-state index contributed by atoms with van der Waals surface area (Å²) in [4.78, 5) is 10.9. The topological polar surface area (TPSA) is 52.3 Å². The molecular formula is C22H25NO2. The van der Waals surface area contributed by atoms with Gasteiger partial charge < -0.3 is 10.5 Å². The molecule has 0 radical (unpaired) electrons. The molecule has 0 aliphatic heterocycles. The molecule has 1 saturated carbocycles. The van der Waals surface area contributed by atoms with Gasteiger partial charge in [0.2, 0.25) is 5.91 Å². The second-order valence-electron chi connectivity index (χ2n) is 6.63. The minimum absolute atomic E-state index is 0.260. The molecule has 130 valence electrons. The fourth-order valence-corrected chi connectivity index (χ4v) is 3.35. The third kappa shape index (κ3) is 4.50. The lowest BCUT2D eigenvalue weighted by atomic mass is 9.99. The molecule has 1 aliphatic carbocycles. The van der Waals surface area contributed by atoms with Crippen molar-refractivity contribution in [3.63, 3.8) is 0 Å². The maximum absolute atomic E-state index is 10.9. The van der Waals surface area contributed by atoms with E-state index in [1.54, 1.807) is 7.11 Å². The zero-order chi connectivity index (χ0) is 17.6. The molecule has 0 bridgehead atoms. The molecule has 3 rings (SSSR count). The summed E-state index contributed by atoms with van der Waals surface area (Å²) in [5.74, 6) is 0.657. The zero-order valence-corrected chi connectivity index (χ0v) is 14.8. The first-order chi connectivity index (χ1) is 12.2. The van der Waals surface area contributed by atoms with Gasteiger partial charge in [-0.25, -0.2) is 0 Å². The number of methoxy groups -OCH3 is 1. The Balaban J connectivity index is 1.84. The summed E-state index contributed by atoms with van der Waals surface area (Å²) in [7, 11) is 1.72. The monoisotopic (exact) mass is 335 g/mol. The third-order valence-corrected chi connectivity index (χ3v) is 4.78. The van der Waals surface area contributed by atoms with Crippen LogP contribution in [0.5, 0.6) is 5.75 Å². The van der Waals surface area contributed by atoms with Crippen molar-refractivity contribution in [3.05, 3.63) is 59.2 Å². The normalized spacial score (nSPS) is 13.7. The quantitative estimate of drug-likeness (QED) is 0.829. The number of hydrogen-bond donors (Lipinski definition) is 1. The van der Waals surface area contributed by atoms with Gasteiger partial charge in [-0.05, 0) is 60.9 Å². The number of aryl methyl sites for hydroxylation is 1. The zero-order valence-electron chi connectivity index (χ0n) is 14.8. The highest BCUT2D eigenvalue weighted by Gasteiger charge is 2.10. The van der Waals surface area contributed by atoms with Crippen LogP contribution in [0.25, 0.3) is 17.2 Å². The molecule has 0 spiro atoms. The van der Waals surface area contributed by atoms with Gasteiger partial charge in [-0.2, -0.15) is 0 Å². The number of hydrogen-bond acceptors (Lipinski definition) is 2. The maximum atomic E-state index is 10.9. The first kappa shape index (κ1) is 17.3. The predicted molar refractivity (Wildman–Crippen MR) is 102 cm³/mol. The summed E-state index contributed by atoms with van der Waals surface area (Å²) in [6.45, 7) is 0. The summed E-state index contributed by atoms with van der Waals surface area (Å²) in [6.07, 6.45) is 8.34. The fourth-order valence-electron chi connectivity index (χ4n) is 3.35. The molecular weight excluding hydrogens is 310 g/mol. The molecule has 25 heavy (non-hydrogen) atoms. The number of rotatable bonds is 6. The average molecular weight is 335 g/mol. The Morgan fingerprint density at radius 1 is 1.08 bits per heavy atom. The van der Waals surface area contributed by atoms with Gasteiger partial charge >= 0.3 is 0 Å². The molecule has 3 heteroatoms. The summed E-state index contributed by atoms with van der Waals surface area (Å²) in [5.41, 5.74) is 11.3. The fraction of sp³-hybridized carbons (Fsp3) is 0.318. The lowest BCUT2D eigenvalue weighted by Crippen LogP contribution is -2.11. The Morgan fingerprint density at radius 3 is 2.40 bits per heavy atom. The molecule has 2 N–H and O–H groups in total. The Hall–Kier alpha value is -2.55. The third-order valence-electron chi connectivity index (χ3n) is 4.78. The molecule has 0 unspecified atom stereocenters. The second-order valence-corrected chi connectivity index (χ2v) is 6.63. The van der Waals surface area contributed by atoms with Crippen molar-refractivity contribution in [1.82, 2.24) is 0 Å². The SMILES string of the molecule is COc1ccc(-c2ccc(CCC(N)=O)cc2)cc1C=C1CCCC1. The standard InChI is InChI=1S/C22H25NO2/c1-25-21-12-11-19(15-20(21)14-17-4-2-3-5-17)18-9-6-16(7-10-18)8-13-22(23)24/h6-7,9-12,14-15H,2-5,8,13H2,1H3,(H2,23,24). The van der Waals surface area contributed by atoms with E-state index in [1.165, 1.54) is 36.8 Å². The largest absolute Gasteiger partial charge is 0.496 e. The highest BCUT2D eigenvalue weighted by Crippen LogP contribution is 2.32. The summed E-state index contributed by atoms with van der Waals surface area (Å²) in [6, 6.07) is 14.7. The predicted octanol–water partition coefficient (Wildman–Crippen LogP) is 4.74. The molecule has 0 saturated heterocycles. The summed E-state index contributed by atoms with van der Waals surface area (Å²) < 4.78 is 5.53. The summed E-state index contributed by atoms with van der Waals surface area (Å²) >= 11 is 0. The van der Waals surface area contributed by atoms with Gasteiger partial charge in [0.15, 0.2) is 0 Å². The van der Waals surface area contributed by atoms with Crippen molar-refractivity contribution in [2.45, 2.75) is 38.5 Å². The van der Waals surface area contributed by atoms with E-state index >= 15 is 0 Å². The molecule has 0 atom stereocenters. The Labute approximate surface area is 149 Å². The van der Waals surface area contributed by atoms with Crippen LogP contribution in [0.3, 0.4) is 0 Å². The van der Waals surface area contributed by atoms with Crippen LogP contribution < -0.4 is 10.5 Å². The van der Waals surface area contributed by atoms with Crippen molar-refractivity contribution >= 4 is 12.0 Å². The van der Waals surface area contributed by atoms with Gasteiger partial charge in [-0.15, -0.1) is 0 Å². The number of nitrogens with two attached hydrogens (primary N) is 1. The van der Waals surface area contributed by atoms with E-state index in [1.807, 2.05) is 6.07 Å². The average Bonchev–Trinajstić information content (AvgIpc) is 3.13. The second kappa shape index (κ2) is 8.02. The van der Waals surface area contributed by atoms with Crippen molar-refractivity contribution < 1.29 is 9.53 Å². The highest BCUT2D eigenvalue weighted by atomic mass is 16.5. The van der Waals surface area contributed by atoms with E-state index in [-0.39, 0.29) is 5.91 Å². The molecule has 1 aliphatic rings. The maximum Gasteiger partial charge on any atom is 0.217 e. The molecule has 1 fully saturated rings. The first-order valence-corrected chi connectivity index (χ1v) is 8.91. The van der Waals surface area contributed by atoms with Crippen LogP contribution in [0.4, 0.5) is 0 Å². The number of benzene rings is 2. The summed E-state index contributed by atoms with van der Waals surface area (Å²) in [5, 5.41) is 0. The molecule has 3 nitrogen and oxygen atoms in total. The van der Waals surface area contributed by atoms with E-state index in [0.717, 1.165) is 22.4 Å². The van der Waals surface area contributed by atoms with Crippen LogP contribution in [0.2, 0.25) is 0 Å². The Morgan fingerprint density at radius 2 is 1.76 bits per heavy atom. The Bertz CT molecular complexity index is 767. The first-order valence-electron chi connectivity index (χ1n) is 8.91.